The van der Waals surface area contributed by atoms with Gasteiger partial charge < -0.3 is 4.18 Å². The van der Waals surface area contributed by atoms with Crippen molar-refractivity contribution in [3.8, 4) is 17.3 Å². The van der Waals surface area contributed by atoms with Crippen molar-refractivity contribution in [3.63, 3.8) is 0 Å². The van der Waals surface area contributed by atoms with Crippen LogP contribution in [0.4, 0.5) is 13.2 Å². The van der Waals surface area contributed by atoms with E-state index in [0.717, 1.165) is 11.8 Å². The number of fused-ring (bicyclic) bond motifs is 1. The summed E-state index contributed by atoms with van der Waals surface area (Å²) in [5.74, 6) is -0.0215. The lowest BCUT2D eigenvalue weighted by atomic mass is 10.2. The van der Waals surface area contributed by atoms with Gasteiger partial charge in [0.1, 0.15) is 0 Å². The predicted octanol–water partition coefficient (Wildman–Crippen LogP) is 3.67. The SMILES string of the molecule is O=S(=O)(Oc1nc(-c2cccc(Cl)c2)nc2c1SCC2)C(F)(F)F. The van der Waals surface area contributed by atoms with E-state index in [-0.39, 0.29) is 10.7 Å². The minimum atomic E-state index is -5.81. The van der Waals surface area contributed by atoms with Crippen LogP contribution in [0.1, 0.15) is 5.69 Å². The van der Waals surface area contributed by atoms with Gasteiger partial charge in [0.25, 0.3) is 5.88 Å². The Morgan fingerprint density at radius 2 is 2.00 bits per heavy atom. The van der Waals surface area contributed by atoms with Crippen molar-refractivity contribution in [2.75, 3.05) is 5.75 Å². The van der Waals surface area contributed by atoms with Crippen LogP contribution >= 0.6 is 23.4 Å². The molecular formula is C13H8ClF3N2O3S2. The lowest BCUT2D eigenvalue weighted by Gasteiger charge is -2.12. The molecule has 128 valence electrons. The van der Waals surface area contributed by atoms with Crippen molar-refractivity contribution in [1.29, 1.82) is 0 Å². The summed E-state index contributed by atoms with van der Waals surface area (Å²) in [6.07, 6.45) is 0.471. The van der Waals surface area contributed by atoms with Crippen LogP contribution in [-0.4, -0.2) is 29.6 Å². The highest BCUT2D eigenvalue weighted by atomic mass is 35.5. The summed E-state index contributed by atoms with van der Waals surface area (Å²) in [4.78, 5) is 8.34. The standard InChI is InChI=1S/C13H8ClF3N2O3S2/c14-8-3-1-2-7(6-8)11-18-9-4-5-23-10(9)12(19-11)22-24(20,21)13(15,16)17/h1-3,6H,4-5H2. The van der Waals surface area contributed by atoms with Crippen LogP contribution in [0.15, 0.2) is 29.2 Å². The van der Waals surface area contributed by atoms with Crippen molar-refractivity contribution >= 4 is 33.5 Å². The van der Waals surface area contributed by atoms with Gasteiger partial charge in [-0.1, -0.05) is 23.7 Å². The van der Waals surface area contributed by atoms with Crippen molar-refractivity contribution < 1.29 is 25.8 Å². The molecule has 0 fully saturated rings. The van der Waals surface area contributed by atoms with E-state index in [1.165, 1.54) is 6.07 Å². The highest BCUT2D eigenvalue weighted by Crippen LogP contribution is 2.40. The number of thioether (sulfide) groups is 1. The molecule has 11 heteroatoms. The van der Waals surface area contributed by atoms with Crippen molar-refractivity contribution in [3.05, 3.63) is 35.0 Å². The molecule has 0 radical (unpaired) electrons. The molecule has 0 atom stereocenters. The van der Waals surface area contributed by atoms with Crippen molar-refractivity contribution in [2.24, 2.45) is 0 Å². The second-order valence-corrected chi connectivity index (χ2v) is 7.80. The third kappa shape index (κ3) is 3.31. The average molecular weight is 397 g/mol. The summed E-state index contributed by atoms with van der Waals surface area (Å²) in [6, 6.07) is 6.36. The molecular weight excluding hydrogens is 389 g/mol. The average Bonchev–Trinajstić information content (AvgIpc) is 2.94. The lowest BCUT2D eigenvalue weighted by molar-refractivity contribution is -0.0502. The molecule has 1 aromatic heterocycles. The highest BCUT2D eigenvalue weighted by Gasteiger charge is 2.49. The van der Waals surface area contributed by atoms with E-state index in [2.05, 4.69) is 14.2 Å². The smallest absolute Gasteiger partial charge is 0.354 e. The number of halogens is 4. The Morgan fingerprint density at radius 3 is 2.67 bits per heavy atom. The summed E-state index contributed by atoms with van der Waals surface area (Å²) in [5, 5.41) is 0.386. The monoisotopic (exact) mass is 396 g/mol. The number of hydrogen-bond donors (Lipinski definition) is 0. The van der Waals surface area contributed by atoms with E-state index in [1.54, 1.807) is 18.2 Å². The Bertz CT molecular complexity index is 904. The molecule has 0 bridgehead atoms. The fraction of sp³-hybridized carbons (Fsp3) is 0.231. The molecule has 0 saturated heterocycles. The number of hydrogen-bond acceptors (Lipinski definition) is 6. The number of benzene rings is 1. The van der Waals surface area contributed by atoms with Gasteiger partial charge in [-0.2, -0.15) is 26.6 Å². The van der Waals surface area contributed by atoms with Crippen LogP contribution < -0.4 is 4.18 Å². The molecule has 5 nitrogen and oxygen atoms in total. The minimum Gasteiger partial charge on any atom is -0.354 e. The summed E-state index contributed by atoms with van der Waals surface area (Å²) < 4.78 is 64.5. The molecule has 1 aliphatic heterocycles. The molecule has 0 amide bonds. The van der Waals surface area contributed by atoms with E-state index < -0.39 is 21.5 Å². The van der Waals surface area contributed by atoms with E-state index in [9.17, 15) is 21.6 Å². The minimum absolute atomic E-state index is 0.0473. The molecule has 2 aromatic rings. The molecule has 1 aromatic carbocycles. The van der Waals surface area contributed by atoms with Gasteiger partial charge >= 0.3 is 15.6 Å². The maximum absolute atomic E-state index is 12.6. The zero-order valence-corrected chi connectivity index (χ0v) is 14.1. The summed E-state index contributed by atoms with van der Waals surface area (Å²) in [6.45, 7) is 0. The van der Waals surface area contributed by atoms with Crippen LogP contribution in [-0.2, 0) is 16.5 Å². The van der Waals surface area contributed by atoms with E-state index in [4.69, 9.17) is 11.6 Å². The summed E-state index contributed by atoms with van der Waals surface area (Å²) in [5.41, 5.74) is -4.65. The van der Waals surface area contributed by atoms with Crippen molar-refractivity contribution in [1.82, 2.24) is 9.97 Å². The number of nitrogens with zero attached hydrogens (tertiary/aromatic N) is 2. The molecule has 0 aliphatic carbocycles. The quantitative estimate of drug-likeness (QED) is 0.582. The topological polar surface area (TPSA) is 69.2 Å². The van der Waals surface area contributed by atoms with Crippen molar-refractivity contribution in [2.45, 2.75) is 16.8 Å². The number of aromatic nitrogens is 2. The van der Waals surface area contributed by atoms with E-state index in [0.29, 0.717) is 28.5 Å². The number of alkyl halides is 3. The first-order valence-electron chi connectivity index (χ1n) is 6.48. The highest BCUT2D eigenvalue weighted by molar-refractivity contribution is 7.99. The molecule has 2 heterocycles. The van der Waals surface area contributed by atoms with Crippen LogP contribution in [0.3, 0.4) is 0 Å². The lowest BCUT2D eigenvalue weighted by Crippen LogP contribution is -2.28. The van der Waals surface area contributed by atoms with E-state index in [1.807, 2.05) is 0 Å². The Hall–Kier alpha value is -1.52. The number of aryl methyl sites for hydroxylation is 1. The first-order chi connectivity index (χ1) is 11.2. The van der Waals surface area contributed by atoms with Crippen LogP contribution in [0.2, 0.25) is 5.02 Å². The fourth-order valence-electron chi connectivity index (χ4n) is 2.00. The molecule has 24 heavy (non-hydrogen) atoms. The second kappa shape index (κ2) is 6.08. The third-order valence-electron chi connectivity index (χ3n) is 3.04. The van der Waals surface area contributed by atoms with Gasteiger partial charge in [0, 0.05) is 22.8 Å². The first-order valence-corrected chi connectivity index (χ1v) is 9.25. The molecule has 3 rings (SSSR count). The van der Waals surface area contributed by atoms with Gasteiger partial charge in [-0.05, 0) is 12.1 Å². The Labute approximate surface area is 144 Å². The van der Waals surface area contributed by atoms with Gasteiger partial charge in [0.05, 0.1) is 10.6 Å². The normalized spacial score (nSPS) is 14.5. The Kier molecular flexibility index (Phi) is 4.39. The second-order valence-electron chi connectivity index (χ2n) is 4.72. The van der Waals surface area contributed by atoms with Gasteiger partial charge in [0.2, 0.25) is 0 Å². The largest absolute Gasteiger partial charge is 0.534 e. The predicted molar refractivity (Wildman–Crippen MR) is 82.5 cm³/mol. The maximum Gasteiger partial charge on any atom is 0.534 e. The summed E-state index contributed by atoms with van der Waals surface area (Å²) in [7, 11) is -5.81. The molecule has 0 unspecified atom stereocenters. The molecule has 1 aliphatic rings. The zero-order valence-electron chi connectivity index (χ0n) is 11.7. The van der Waals surface area contributed by atoms with E-state index >= 15 is 0 Å². The third-order valence-corrected chi connectivity index (χ3v) is 5.33. The van der Waals surface area contributed by atoms with Crippen LogP contribution in [0.25, 0.3) is 11.4 Å². The number of rotatable bonds is 3. The summed E-state index contributed by atoms with van der Waals surface area (Å²) >= 11 is 7.03. The van der Waals surface area contributed by atoms with Crippen LogP contribution in [0.5, 0.6) is 5.88 Å². The van der Waals surface area contributed by atoms with Crippen LogP contribution in [0, 0.1) is 0 Å². The van der Waals surface area contributed by atoms with Gasteiger partial charge in [0.15, 0.2) is 5.82 Å². The van der Waals surface area contributed by atoms with Gasteiger partial charge in [-0.25, -0.2) is 4.98 Å². The van der Waals surface area contributed by atoms with Gasteiger partial charge in [-0.3, -0.25) is 0 Å². The molecule has 0 saturated carbocycles. The molecule has 0 N–H and O–H groups in total. The Balaban J connectivity index is 2.10. The maximum atomic E-state index is 12.6. The zero-order chi connectivity index (χ0) is 17.5. The fourth-order valence-corrected chi connectivity index (χ4v) is 3.69. The first kappa shape index (κ1) is 17.3. The molecule has 0 spiro atoms. The Morgan fingerprint density at radius 1 is 1.25 bits per heavy atom. The van der Waals surface area contributed by atoms with Gasteiger partial charge in [-0.15, -0.1) is 11.8 Å².